The molecule has 0 saturated heterocycles. The molecule has 0 unspecified atom stereocenters. The summed E-state index contributed by atoms with van der Waals surface area (Å²) in [5.74, 6) is -2.04. The molecule has 1 heterocycles. The summed E-state index contributed by atoms with van der Waals surface area (Å²) in [5, 5.41) is 18.0. The molecule has 0 bridgehead atoms. The van der Waals surface area contributed by atoms with Crippen molar-refractivity contribution >= 4 is 5.97 Å². The van der Waals surface area contributed by atoms with Gasteiger partial charge in [-0.25, -0.2) is 18.3 Å². The molecule has 0 radical (unpaired) electrons. The number of carboxylic acids is 1. The van der Waals surface area contributed by atoms with Crippen molar-refractivity contribution in [3.8, 4) is 0 Å². The van der Waals surface area contributed by atoms with Crippen LogP contribution in [0.2, 0.25) is 0 Å². The van der Waals surface area contributed by atoms with Gasteiger partial charge in [0.2, 0.25) is 5.82 Å². The van der Waals surface area contributed by atoms with Crippen LogP contribution >= 0.6 is 0 Å². The van der Waals surface area contributed by atoms with Crippen molar-refractivity contribution < 1.29 is 18.7 Å². The summed E-state index contributed by atoms with van der Waals surface area (Å²) in [5.41, 5.74) is -1.59. The molecule has 0 amide bonds. The van der Waals surface area contributed by atoms with Crippen LogP contribution in [0.4, 0.5) is 8.78 Å². The molecule has 1 aromatic heterocycles. The van der Waals surface area contributed by atoms with Gasteiger partial charge in [-0.1, -0.05) is 0 Å². The van der Waals surface area contributed by atoms with E-state index in [1.165, 1.54) is 13.8 Å². The van der Waals surface area contributed by atoms with Gasteiger partial charge < -0.3 is 5.11 Å². The average molecular weight is 206 g/mol. The molecule has 0 saturated carbocycles. The van der Waals surface area contributed by atoms with Gasteiger partial charge in [0.15, 0.2) is 5.54 Å². The van der Waals surface area contributed by atoms with Crippen LogP contribution in [0.15, 0.2) is 0 Å². The molecule has 78 valence electrons. The van der Waals surface area contributed by atoms with Gasteiger partial charge in [-0.3, -0.25) is 0 Å². The van der Waals surface area contributed by atoms with Gasteiger partial charge in [-0.2, -0.15) is 0 Å². The van der Waals surface area contributed by atoms with Crippen molar-refractivity contribution in [1.29, 1.82) is 0 Å². The third kappa shape index (κ3) is 1.54. The van der Waals surface area contributed by atoms with E-state index in [1.807, 2.05) is 0 Å². The number of alkyl halides is 2. The maximum atomic E-state index is 12.3. The monoisotopic (exact) mass is 206 g/mol. The summed E-state index contributed by atoms with van der Waals surface area (Å²) in [6, 6.07) is 0. The smallest absolute Gasteiger partial charge is 0.331 e. The van der Waals surface area contributed by atoms with Gasteiger partial charge in [-0.15, -0.1) is 5.10 Å². The molecule has 1 rings (SSSR count). The first-order valence-corrected chi connectivity index (χ1v) is 3.67. The predicted molar refractivity (Wildman–Crippen MR) is 39.7 cm³/mol. The zero-order chi connectivity index (χ0) is 10.9. The van der Waals surface area contributed by atoms with Crippen molar-refractivity contribution in [3.05, 3.63) is 5.82 Å². The minimum atomic E-state index is -2.90. The Bertz CT molecular complexity index is 349. The van der Waals surface area contributed by atoms with Crippen LogP contribution in [-0.4, -0.2) is 31.3 Å². The number of tetrazole rings is 1. The number of rotatable bonds is 3. The van der Waals surface area contributed by atoms with Crippen molar-refractivity contribution in [1.82, 2.24) is 20.2 Å². The van der Waals surface area contributed by atoms with E-state index in [2.05, 4.69) is 15.5 Å². The number of halogens is 2. The quantitative estimate of drug-likeness (QED) is 0.775. The maximum absolute atomic E-state index is 12.3. The Labute approximate surface area is 77.5 Å². The number of nitrogens with zero attached hydrogens (tertiary/aromatic N) is 4. The Morgan fingerprint density at radius 3 is 2.57 bits per heavy atom. The van der Waals surface area contributed by atoms with E-state index in [-0.39, 0.29) is 0 Å². The largest absolute Gasteiger partial charge is 0.479 e. The Morgan fingerprint density at radius 1 is 1.57 bits per heavy atom. The molecular formula is C6H8F2N4O2. The number of hydrogen-bond donors (Lipinski definition) is 1. The van der Waals surface area contributed by atoms with Crippen molar-refractivity contribution in [2.45, 2.75) is 25.8 Å². The van der Waals surface area contributed by atoms with Crippen molar-refractivity contribution in [2.24, 2.45) is 0 Å². The predicted octanol–water partition coefficient (Wildman–Crippen LogP) is 0.430. The Balaban J connectivity index is 3.18. The van der Waals surface area contributed by atoms with Crippen LogP contribution in [0.5, 0.6) is 0 Å². The number of aliphatic carboxylic acids is 1. The van der Waals surface area contributed by atoms with Crippen LogP contribution in [0.3, 0.4) is 0 Å². The summed E-state index contributed by atoms with van der Waals surface area (Å²) in [6.07, 6.45) is -2.90. The summed E-state index contributed by atoms with van der Waals surface area (Å²) < 4.78 is 25.2. The summed E-state index contributed by atoms with van der Waals surface area (Å²) >= 11 is 0. The second-order valence-electron chi connectivity index (χ2n) is 3.11. The summed E-state index contributed by atoms with van der Waals surface area (Å²) in [4.78, 5) is 10.7. The lowest BCUT2D eigenvalue weighted by molar-refractivity contribution is -0.146. The van der Waals surface area contributed by atoms with Gasteiger partial charge in [-0.05, 0) is 24.3 Å². The van der Waals surface area contributed by atoms with Gasteiger partial charge in [0.1, 0.15) is 0 Å². The van der Waals surface area contributed by atoms with E-state index in [0.717, 1.165) is 0 Å². The highest BCUT2D eigenvalue weighted by molar-refractivity contribution is 5.75. The van der Waals surface area contributed by atoms with Gasteiger partial charge in [0.25, 0.3) is 6.43 Å². The second kappa shape index (κ2) is 3.28. The van der Waals surface area contributed by atoms with Crippen LogP contribution in [0.25, 0.3) is 0 Å². The van der Waals surface area contributed by atoms with Crippen LogP contribution in [0, 0.1) is 0 Å². The van der Waals surface area contributed by atoms with E-state index < -0.39 is 23.8 Å². The zero-order valence-electron chi connectivity index (χ0n) is 7.48. The molecule has 14 heavy (non-hydrogen) atoms. The minimum Gasteiger partial charge on any atom is -0.479 e. The normalized spacial score (nSPS) is 12.1. The fourth-order valence-corrected chi connectivity index (χ4v) is 0.819. The number of aromatic nitrogens is 4. The van der Waals surface area contributed by atoms with E-state index in [9.17, 15) is 13.6 Å². The molecule has 0 aliphatic heterocycles. The zero-order valence-corrected chi connectivity index (χ0v) is 7.48. The van der Waals surface area contributed by atoms with Crippen LogP contribution in [0.1, 0.15) is 26.1 Å². The van der Waals surface area contributed by atoms with Gasteiger partial charge >= 0.3 is 5.97 Å². The molecule has 0 aliphatic rings. The highest BCUT2D eigenvalue weighted by Gasteiger charge is 2.35. The fourth-order valence-electron chi connectivity index (χ4n) is 0.819. The Hall–Kier alpha value is -1.60. The minimum absolute atomic E-state index is 0.597. The van der Waals surface area contributed by atoms with Crippen LogP contribution < -0.4 is 0 Å². The molecule has 0 spiro atoms. The first-order chi connectivity index (χ1) is 6.37. The van der Waals surface area contributed by atoms with Crippen molar-refractivity contribution in [3.63, 3.8) is 0 Å². The van der Waals surface area contributed by atoms with Crippen LogP contribution in [-0.2, 0) is 10.3 Å². The first kappa shape index (κ1) is 10.5. The molecule has 1 aromatic rings. The Kier molecular flexibility index (Phi) is 2.45. The SMILES string of the molecule is CC(C)(C(=O)O)n1nnnc1C(F)F. The second-order valence-corrected chi connectivity index (χ2v) is 3.11. The Morgan fingerprint density at radius 2 is 2.14 bits per heavy atom. The maximum Gasteiger partial charge on any atom is 0.331 e. The van der Waals surface area contributed by atoms with E-state index >= 15 is 0 Å². The molecule has 6 nitrogen and oxygen atoms in total. The highest BCUT2D eigenvalue weighted by Crippen LogP contribution is 2.21. The third-order valence-electron chi connectivity index (χ3n) is 1.74. The lowest BCUT2D eigenvalue weighted by atomic mass is 10.1. The molecule has 0 fully saturated rings. The fraction of sp³-hybridized carbons (Fsp3) is 0.667. The van der Waals surface area contributed by atoms with Gasteiger partial charge in [0, 0.05) is 0 Å². The molecule has 0 aliphatic carbocycles. The number of hydrogen-bond acceptors (Lipinski definition) is 4. The molecular weight excluding hydrogens is 198 g/mol. The average Bonchev–Trinajstić information content (AvgIpc) is 2.51. The standard InChI is InChI=1S/C6H8F2N4O2/c1-6(2,5(13)14)12-4(3(7)8)9-10-11-12/h3H,1-2H3,(H,13,14). The molecule has 0 aromatic carbocycles. The van der Waals surface area contributed by atoms with Crippen molar-refractivity contribution in [2.75, 3.05) is 0 Å². The topological polar surface area (TPSA) is 80.9 Å². The highest BCUT2D eigenvalue weighted by atomic mass is 19.3. The van der Waals surface area contributed by atoms with E-state index in [0.29, 0.717) is 4.68 Å². The van der Waals surface area contributed by atoms with Gasteiger partial charge in [0.05, 0.1) is 0 Å². The molecule has 8 heteroatoms. The lowest BCUT2D eigenvalue weighted by Gasteiger charge is -2.19. The number of carbonyl (C=O) groups is 1. The first-order valence-electron chi connectivity index (χ1n) is 3.67. The summed E-state index contributed by atoms with van der Waals surface area (Å²) in [6.45, 7) is 2.47. The molecule has 0 atom stereocenters. The summed E-state index contributed by atoms with van der Waals surface area (Å²) in [7, 11) is 0. The number of carboxylic acid groups (broad SMARTS) is 1. The van der Waals surface area contributed by atoms with E-state index in [1.54, 1.807) is 0 Å². The third-order valence-corrected chi connectivity index (χ3v) is 1.74. The molecule has 1 N–H and O–H groups in total. The van der Waals surface area contributed by atoms with E-state index in [4.69, 9.17) is 5.11 Å². The lowest BCUT2D eigenvalue weighted by Crippen LogP contribution is -2.38.